The Kier molecular flexibility index (Phi) is 5.20. The molecule has 2 aromatic rings. The molecule has 0 atom stereocenters. The van der Waals surface area contributed by atoms with Crippen LogP contribution in [0.15, 0.2) is 30.5 Å². The van der Waals surface area contributed by atoms with Crippen LogP contribution in [0.25, 0.3) is 11.3 Å². The fourth-order valence-corrected chi connectivity index (χ4v) is 2.71. The molecule has 6 heteroatoms. The topological polar surface area (TPSA) is 78.1 Å². The smallest absolute Gasteiger partial charge is 0.236 e. The molecule has 1 aromatic heterocycles. The number of nitrogens with two attached hydrogens (primary N) is 1. The standard InChI is InChI=1S/C18H23N3O2Si/c1-17(2,3)24-23-18(4,5)13-8-6-7-12(9-13)14-10-20-16(19)15(11-22)21-14/h6-11H,1-5H3,(H2,19,20). The normalized spacial score (nSPS) is 12.2. The molecule has 0 aliphatic rings. The lowest BCUT2D eigenvalue weighted by Gasteiger charge is -2.30. The monoisotopic (exact) mass is 341 g/mol. The number of anilines is 1. The number of aldehydes is 1. The predicted molar refractivity (Wildman–Crippen MR) is 96.8 cm³/mol. The molecule has 0 spiro atoms. The maximum Gasteiger partial charge on any atom is 0.236 e. The Hall–Kier alpha value is -2.05. The van der Waals surface area contributed by atoms with E-state index in [9.17, 15) is 4.79 Å². The summed E-state index contributed by atoms with van der Waals surface area (Å²) in [6.45, 7) is 10.6. The molecule has 1 heterocycles. The summed E-state index contributed by atoms with van der Waals surface area (Å²) in [6, 6.07) is 7.93. The Labute approximate surface area is 145 Å². The molecule has 2 N–H and O–H groups in total. The molecule has 5 nitrogen and oxygen atoms in total. The van der Waals surface area contributed by atoms with Crippen molar-refractivity contribution in [3.63, 3.8) is 0 Å². The molecule has 126 valence electrons. The van der Waals surface area contributed by atoms with E-state index in [0.717, 1.165) is 11.1 Å². The highest BCUT2D eigenvalue weighted by Gasteiger charge is 2.25. The van der Waals surface area contributed by atoms with Crippen molar-refractivity contribution in [3.8, 4) is 11.3 Å². The van der Waals surface area contributed by atoms with Gasteiger partial charge in [0.2, 0.25) is 9.76 Å². The number of aromatic nitrogens is 2. The second-order valence-corrected chi connectivity index (χ2v) is 9.10. The molecule has 0 fully saturated rings. The average Bonchev–Trinajstić information content (AvgIpc) is 2.53. The molecule has 2 rings (SSSR count). The minimum absolute atomic E-state index is 0.121. The molecule has 0 unspecified atom stereocenters. The van der Waals surface area contributed by atoms with E-state index in [1.54, 1.807) is 6.20 Å². The van der Waals surface area contributed by atoms with Crippen LogP contribution < -0.4 is 5.73 Å². The van der Waals surface area contributed by atoms with Crippen LogP contribution in [-0.4, -0.2) is 26.0 Å². The second kappa shape index (κ2) is 6.82. The summed E-state index contributed by atoms with van der Waals surface area (Å²) in [5, 5.41) is 0.121. The summed E-state index contributed by atoms with van der Waals surface area (Å²) in [5.74, 6) is 0.139. The first-order valence-electron chi connectivity index (χ1n) is 7.76. The van der Waals surface area contributed by atoms with Crippen molar-refractivity contribution in [2.24, 2.45) is 0 Å². The average molecular weight is 341 g/mol. The van der Waals surface area contributed by atoms with Gasteiger partial charge in [-0.25, -0.2) is 9.97 Å². The fourth-order valence-electron chi connectivity index (χ4n) is 2.03. The van der Waals surface area contributed by atoms with Crippen molar-refractivity contribution >= 4 is 21.9 Å². The largest absolute Gasteiger partial charge is 0.408 e. The lowest BCUT2D eigenvalue weighted by molar-refractivity contribution is 0.109. The molecule has 0 saturated carbocycles. The Morgan fingerprint density at radius 1 is 1.21 bits per heavy atom. The third-order valence-corrected chi connectivity index (χ3v) is 4.63. The second-order valence-electron chi connectivity index (χ2n) is 7.19. The molecule has 24 heavy (non-hydrogen) atoms. The molecule has 0 aliphatic carbocycles. The van der Waals surface area contributed by atoms with Gasteiger partial charge in [-0.1, -0.05) is 39.0 Å². The number of hydrogen-bond acceptors (Lipinski definition) is 5. The van der Waals surface area contributed by atoms with Gasteiger partial charge >= 0.3 is 0 Å². The zero-order chi connectivity index (χ0) is 18.0. The highest BCUT2D eigenvalue weighted by atomic mass is 28.2. The van der Waals surface area contributed by atoms with Crippen LogP contribution in [0.5, 0.6) is 0 Å². The number of hydrogen-bond donors (Lipinski definition) is 1. The highest BCUT2D eigenvalue weighted by molar-refractivity contribution is 6.31. The Balaban J connectivity index is 2.33. The van der Waals surface area contributed by atoms with E-state index >= 15 is 0 Å². The van der Waals surface area contributed by atoms with E-state index in [4.69, 9.17) is 10.2 Å². The van der Waals surface area contributed by atoms with Crippen molar-refractivity contribution < 1.29 is 9.22 Å². The SMILES string of the molecule is CC(C)(C)[Si]OC(C)(C)c1cccc(-c2cnc(N)c(C=O)n2)c1. The molecule has 1 aromatic carbocycles. The van der Waals surface area contributed by atoms with Crippen molar-refractivity contribution in [2.75, 3.05) is 5.73 Å². The van der Waals surface area contributed by atoms with Gasteiger partial charge in [-0.15, -0.1) is 0 Å². The zero-order valence-electron chi connectivity index (χ0n) is 14.8. The van der Waals surface area contributed by atoms with Gasteiger partial charge in [0.25, 0.3) is 0 Å². The summed E-state index contributed by atoms with van der Waals surface area (Å²) >= 11 is 0. The quantitative estimate of drug-likeness (QED) is 0.664. The Morgan fingerprint density at radius 3 is 2.54 bits per heavy atom. The van der Waals surface area contributed by atoms with Gasteiger partial charge in [0.05, 0.1) is 17.5 Å². The lowest BCUT2D eigenvalue weighted by atomic mass is 9.96. The molecule has 0 amide bonds. The highest BCUT2D eigenvalue weighted by Crippen LogP contribution is 2.31. The van der Waals surface area contributed by atoms with Crippen LogP contribution in [0.3, 0.4) is 0 Å². The first-order valence-corrected chi connectivity index (χ1v) is 8.67. The van der Waals surface area contributed by atoms with Crippen LogP contribution in [0, 0.1) is 0 Å². The van der Waals surface area contributed by atoms with E-state index in [2.05, 4.69) is 44.6 Å². The van der Waals surface area contributed by atoms with Crippen molar-refractivity contribution in [1.82, 2.24) is 9.97 Å². The summed E-state index contributed by atoms with van der Waals surface area (Å²) in [5.41, 5.74) is 7.90. The molecule has 2 radical (unpaired) electrons. The van der Waals surface area contributed by atoms with E-state index in [1.165, 1.54) is 0 Å². The molecule has 0 aliphatic heterocycles. The fraction of sp³-hybridized carbons (Fsp3) is 0.389. The predicted octanol–water partition coefficient (Wildman–Crippen LogP) is 3.63. The summed E-state index contributed by atoms with van der Waals surface area (Å²) in [7, 11) is 0.387. The van der Waals surface area contributed by atoms with Gasteiger partial charge in [0, 0.05) is 5.56 Å². The van der Waals surface area contributed by atoms with Gasteiger partial charge in [0.15, 0.2) is 12.1 Å². The lowest BCUT2D eigenvalue weighted by Crippen LogP contribution is -2.27. The third kappa shape index (κ3) is 4.49. The minimum atomic E-state index is -0.420. The van der Waals surface area contributed by atoms with Gasteiger partial charge in [0.1, 0.15) is 5.69 Å². The Morgan fingerprint density at radius 2 is 1.92 bits per heavy atom. The van der Waals surface area contributed by atoms with E-state index in [1.807, 2.05) is 24.3 Å². The number of nitrogen functional groups attached to an aromatic ring is 1. The van der Waals surface area contributed by atoms with Gasteiger partial charge < -0.3 is 10.2 Å². The maximum absolute atomic E-state index is 11.0. The van der Waals surface area contributed by atoms with Crippen LogP contribution in [0.2, 0.25) is 5.04 Å². The number of nitrogens with zero attached hydrogens (tertiary/aromatic N) is 2. The first kappa shape index (κ1) is 18.3. The number of benzene rings is 1. The van der Waals surface area contributed by atoms with Crippen LogP contribution in [0.4, 0.5) is 5.82 Å². The zero-order valence-corrected chi connectivity index (χ0v) is 15.8. The Bertz CT molecular complexity index is 739. The van der Waals surface area contributed by atoms with E-state index in [0.29, 0.717) is 21.7 Å². The molecule has 0 saturated heterocycles. The summed E-state index contributed by atoms with van der Waals surface area (Å²) in [4.78, 5) is 19.3. The first-order chi connectivity index (χ1) is 11.1. The van der Waals surface area contributed by atoms with Crippen LogP contribution in [0.1, 0.15) is 50.7 Å². The number of carbonyl (C=O) groups is 1. The maximum atomic E-state index is 11.0. The molecular formula is C18H23N3O2Si. The van der Waals surface area contributed by atoms with Gasteiger partial charge in [-0.2, -0.15) is 0 Å². The molecular weight excluding hydrogens is 318 g/mol. The van der Waals surface area contributed by atoms with Gasteiger partial charge in [-0.3, -0.25) is 4.79 Å². The van der Waals surface area contributed by atoms with Crippen LogP contribution in [-0.2, 0) is 10.0 Å². The van der Waals surface area contributed by atoms with Crippen molar-refractivity contribution in [2.45, 2.75) is 45.3 Å². The van der Waals surface area contributed by atoms with E-state index < -0.39 is 5.60 Å². The summed E-state index contributed by atoms with van der Waals surface area (Å²) in [6.07, 6.45) is 2.19. The summed E-state index contributed by atoms with van der Waals surface area (Å²) < 4.78 is 6.15. The molecule has 0 bridgehead atoms. The number of rotatable bonds is 5. The number of carbonyl (C=O) groups excluding carboxylic acids is 1. The van der Waals surface area contributed by atoms with E-state index in [-0.39, 0.29) is 16.6 Å². The van der Waals surface area contributed by atoms with Crippen molar-refractivity contribution in [1.29, 1.82) is 0 Å². The van der Waals surface area contributed by atoms with Gasteiger partial charge in [-0.05, 0) is 30.5 Å². The third-order valence-electron chi connectivity index (χ3n) is 3.41. The van der Waals surface area contributed by atoms with Crippen molar-refractivity contribution in [3.05, 3.63) is 41.7 Å². The van der Waals surface area contributed by atoms with Crippen LogP contribution >= 0.6 is 0 Å². The minimum Gasteiger partial charge on any atom is -0.408 e.